The first-order valence-corrected chi connectivity index (χ1v) is 11.6. The molecule has 3 aromatic carbocycles. The smallest absolute Gasteiger partial charge is 0.276 e. The van der Waals surface area contributed by atoms with Crippen LogP contribution >= 0.6 is 0 Å². The summed E-state index contributed by atoms with van der Waals surface area (Å²) >= 11 is 0. The van der Waals surface area contributed by atoms with Gasteiger partial charge in [-0.3, -0.25) is 14.3 Å². The molecule has 1 amide bonds. The number of anilines is 2. The summed E-state index contributed by atoms with van der Waals surface area (Å²) in [5.41, 5.74) is 3.86. The number of hydroxylamine groups is 1. The van der Waals surface area contributed by atoms with E-state index in [1.807, 2.05) is 44.4 Å². The van der Waals surface area contributed by atoms with Crippen LogP contribution in [-0.2, 0) is 16.6 Å². The summed E-state index contributed by atoms with van der Waals surface area (Å²) in [5, 5.41) is 9.39. The van der Waals surface area contributed by atoms with E-state index in [2.05, 4.69) is 0 Å². The molecule has 0 aliphatic heterocycles. The Kier molecular flexibility index (Phi) is 7.25. The van der Waals surface area contributed by atoms with Crippen molar-refractivity contribution in [2.45, 2.75) is 18.4 Å². The van der Waals surface area contributed by atoms with Gasteiger partial charge in [-0.25, -0.2) is 13.9 Å². The van der Waals surface area contributed by atoms with Gasteiger partial charge in [0.2, 0.25) is 0 Å². The summed E-state index contributed by atoms with van der Waals surface area (Å²) in [7, 11) is 1.03. The molecule has 0 saturated carbocycles. The summed E-state index contributed by atoms with van der Waals surface area (Å²) in [6, 6.07) is 18.5. The fourth-order valence-corrected chi connectivity index (χ4v) is 5.03. The van der Waals surface area contributed by atoms with Gasteiger partial charge in [-0.05, 0) is 54.4 Å². The number of benzene rings is 3. The molecule has 0 aliphatic carbocycles. The number of amides is 1. The topological polar surface area (TPSA) is 99.2 Å². The van der Waals surface area contributed by atoms with Crippen molar-refractivity contribution in [3.8, 4) is 5.75 Å². The molecule has 0 aromatic heterocycles. The normalized spacial score (nSPS) is 11.1. The number of carbonyl (C=O) groups excluding carboxylic acids is 1. The van der Waals surface area contributed by atoms with Crippen molar-refractivity contribution in [2.75, 3.05) is 30.4 Å². The molecule has 0 atom stereocenters. The molecule has 0 radical (unpaired) electrons. The minimum Gasteiger partial charge on any atom is -0.497 e. The summed E-state index contributed by atoms with van der Waals surface area (Å²) in [6.07, 6.45) is 0. The zero-order chi connectivity index (χ0) is 24.2. The van der Waals surface area contributed by atoms with Gasteiger partial charge in [0, 0.05) is 19.8 Å². The summed E-state index contributed by atoms with van der Waals surface area (Å²) in [6.45, 7) is 1.72. The fraction of sp³-hybridized carbons (Fsp3) is 0.208. The minimum atomic E-state index is -4.09. The summed E-state index contributed by atoms with van der Waals surface area (Å²) < 4.78 is 34.0. The third-order valence-corrected chi connectivity index (χ3v) is 6.97. The van der Waals surface area contributed by atoms with Gasteiger partial charge in [-0.1, -0.05) is 30.3 Å². The maximum absolute atomic E-state index is 13.9. The van der Waals surface area contributed by atoms with Crippen molar-refractivity contribution < 1.29 is 23.2 Å². The third-order valence-electron chi connectivity index (χ3n) is 5.21. The van der Waals surface area contributed by atoms with Crippen LogP contribution in [0.5, 0.6) is 5.75 Å². The van der Waals surface area contributed by atoms with E-state index in [1.54, 1.807) is 41.6 Å². The molecule has 9 heteroatoms. The Morgan fingerprint density at radius 3 is 2.21 bits per heavy atom. The first kappa shape index (κ1) is 24.1. The molecule has 174 valence electrons. The Hall–Kier alpha value is -3.56. The van der Waals surface area contributed by atoms with E-state index in [1.165, 1.54) is 23.5 Å². The highest BCUT2D eigenvalue weighted by molar-refractivity contribution is 7.92. The monoisotopic (exact) mass is 469 g/mol. The molecular formula is C24H27N3O5S. The van der Waals surface area contributed by atoms with Crippen molar-refractivity contribution in [2.24, 2.45) is 0 Å². The molecule has 0 heterocycles. The highest BCUT2D eigenvalue weighted by Crippen LogP contribution is 2.35. The van der Waals surface area contributed by atoms with E-state index < -0.39 is 15.9 Å². The number of carbonyl (C=O) groups is 1. The van der Waals surface area contributed by atoms with Gasteiger partial charge in [0.1, 0.15) is 5.75 Å². The van der Waals surface area contributed by atoms with Gasteiger partial charge >= 0.3 is 0 Å². The predicted octanol–water partition coefficient (Wildman–Crippen LogP) is 3.58. The Labute approximate surface area is 194 Å². The molecule has 0 fully saturated rings. The van der Waals surface area contributed by atoms with Crippen LogP contribution < -0.4 is 19.4 Å². The van der Waals surface area contributed by atoms with Gasteiger partial charge in [0.25, 0.3) is 15.9 Å². The lowest BCUT2D eigenvalue weighted by Crippen LogP contribution is -2.34. The largest absolute Gasteiger partial charge is 0.497 e. The average molecular weight is 470 g/mol. The van der Waals surface area contributed by atoms with Crippen LogP contribution in [0.15, 0.2) is 71.6 Å². The van der Waals surface area contributed by atoms with Crippen LogP contribution in [0.3, 0.4) is 0 Å². The number of nitrogens with zero attached hydrogens (tertiary/aromatic N) is 2. The number of aryl methyl sites for hydroxylation is 1. The molecule has 0 spiro atoms. The molecule has 3 aromatic rings. The number of methoxy groups -OCH3 is 1. The van der Waals surface area contributed by atoms with E-state index in [4.69, 9.17) is 4.74 Å². The van der Waals surface area contributed by atoms with E-state index >= 15 is 0 Å². The van der Waals surface area contributed by atoms with Crippen LogP contribution in [0.25, 0.3) is 0 Å². The lowest BCUT2D eigenvalue weighted by molar-refractivity contribution is 0.0707. The Morgan fingerprint density at radius 1 is 1.03 bits per heavy atom. The van der Waals surface area contributed by atoms with E-state index in [0.29, 0.717) is 17.0 Å². The van der Waals surface area contributed by atoms with Crippen LogP contribution in [0, 0.1) is 6.92 Å². The molecule has 2 N–H and O–H groups in total. The van der Waals surface area contributed by atoms with Crippen LogP contribution in [0.1, 0.15) is 21.5 Å². The predicted molar refractivity (Wildman–Crippen MR) is 128 cm³/mol. The number of rotatable bonds is 8. The molecule has 3 rings (SSSR count). The molecule has 0 bridgehead atoms. The van der Waals surface area contributed by atoms with Crippen molar-refractivity contribution in [3.63, 3.8) is 0 Å². The maximum atomic E-state index is 13.9. The Morgan fingerprint density at radius 2 is 1.67 bits per heavy atom. The zero-order valence-electron chi connectivity index (χ0n) is 18.9. The highest BCUT2D eigenvalue weighted by atomic mass is 32.2. The molecule has 0 aliphatic rings. The quantitative estimate of drug-likeness (QED) is 0.386. The number of ether oxygens (including phenoxy) is 1. The second-order valence-corrected chi connectivity index (χ2v) is 9.53. The van der Waals surface area contributed by atoms with Gasteiger partial charge < -0.3 is 9.64 Å². The van der Waals surface area contributed by atoms with Crippen molar-refractivity contribution in [3.05, 3.63) is 83.4 Å². The lowest BCUT2D eigenvalue weighted by atomic mass is 10.0. The summed E-state index contributed by atoms with van der Waals surface area (Å²) in [4.78, 5) is 14.5. The fourth-order valence-electron chi connectivity index (χ4n) is 3.49. The highest BCUT2D eigenvalue weighted by Gasteiger charge is 2.31. The lowest BCUT2D eigenvalue weighted by Gasteiger charge is -2.29. The average Bonchev–Trinajstić information content (AvgIpc) is 2.82. The standard InChI is InChI=1S/C24H27N3O5S/c1-17-14-19(26(2)3)15-22(24(28)25-29)23(17)27(16-18-8-6-5-7-9-18)33(30,31)21-12-10-20(32-4)11-13-21/h5-15,29H,16H2,1-4H3,(H,25,28). The van der Waals surface area contributed by atoms with Gasteiger partial charge in [-0.2, -0.15) is 0 Å². The number of hydrogen-bond acceptors (Lipinski definition) is 6. The first-order valence-electron chi connectivity index (χ1n) is 10.2. The van der Waals surface area contributed by atoms with Crippen LogP contribution in [0.4, 0.5) is 11.4 Å². The summed E-state index contributed by atoms with van der Waals surface area (Å²) in [5.74, 6) is -0.282. The van der Waals surface area contributed by atoms with Crippen molar-refractivity contribution in [1.82, 2.24) is 5.48 Å². The number of hydrogen-bond donors (Lipinski definition) is 2. The SMILES string of the molecule is COc1ccc(S(=O)(=O)N(Cc2ccccc2)c2c(C)cc(N(C)C)cc2C(=O)NO)cc1. The van der Waals surface area contributed by atoms with Crippen molar-refractivity contribution in [1.29, 1.82) is 0 Å². The third kappa shape index (κ3) is 5.10. The zero-order valence-corrected chi connectivity index (χ0v) is 19.8. The van der Waals surface area contributed by atoms with Gasteiger partial charge in [0.15, 0.2) is 0 Å². The molecular weight excluding hydrogens is 442 g/mol. The molecule has 33 heavy (non-hydrogen) atoms. The Balaban J connectivity index is 2.26. The van der Waals surface area contributed by atoms with Crippen molar-refractivity contribution >= 4 is 27.3 Å². The van der Waals surface area contributed by atoms with E-state index in [9.17, 15) is 18.4 Å². The van der Waals surface area contributed by atoms with E-state index in [0.717, 1.165) is 5.56 Å². The molecule has 0 saturated heterocycles. The maximum Gasteiger partial charge on any atom is 0.276 e. The molecule has 8 nitrogen and oxygen atoms in total. The minimum absolute atomic E-state index is 0.0109. The van der Waals surface area contributed by atoms with Gasteiger partial charge in [-0.15, -0.1) is 0 Å². The number of nitrogens with one attached hydrogen (secondary N) is 1. The van der Waals surface area contributed by atoms with Crippen LogP contribution in [0.2, 0.25) is 0 Å². The second kappa shape index (κ2) is 9.93. The van der Waals surface area contributed by atoms with E-state index in [-0.39, 0.29) is 22.7 Å². The van der Waals surface area contributed by atoms with Crippen LogP contribution in [-0.4, -0.2) is 40.7 Å². The van der Waals surface area contributed by atoms with Gasteiger partial charge in [0.05, 0.1) is 29.8 Å². The first-order chi connectivity index (χ1) is 15.7. The molecule has 0 unspecified atom stereocenters. The Bertz CT molecular complexity index is 1230. The number of sulfonamides is 1. The second-order valence-electron chi connectivity index (χ2n) is 7.67.